The van der Waals surface area contributed by atoms with E-state index in [1.165, 1.54) is 44.5 Å². The minimum Gasteiger partial charge on any atom is -0.456 e. The normalized spacial score (nSPS) is 13.4. The molecule has 0 bridgehead atoms. The molecule has 0 fully saturated rings. The molecule has 282 valence electrons. The van der Waals surface area contributed by atoms with Gasteiger partial charge in [-0.15, -0.1) is 0 Å². The molecule has 0 N–H and O–H groups in total. The first-order valence-corrected chi connectivity index (χ1v) is 20.7. The lowest BCUT2D eigenvalue weighted by Crippen LogP contribution is -2.26. The van der Waals surface area contributed by atoms with Crippen LogP contribution in [0.3, 0.4) is 0 Å². The Bertz CT molecular complexity index is 3790. The summed E-state index contributed by atoms with van der Waals surface area (Å²) in [6, 6.07) is 66.5. The Morgan fingerprint density at radius 1 is 0.328 bits per heavy atom. The molecule has 61 heavy (non-hydrogen) atoms. The van der Waals surface area contributed by atoms with Gasteiger partial charge in [0.1, 0.15) is 22.3 Å². The van der Waals surface area contributed by atoms with Gasteiger partial charge in [0.2, 0.25) is 0 Å². The predicted molar refractivity (Wildman–Crippen MR) is 244 cm³/mol. The summed E-state index contributed by atoms with van der Waals surface area (Å²) < 4.78 is 13.5. The molecule has 0 aliphatic heterocycles. The van der Waals surface area contributed by atoms with E-state index in [1.54, 1.807) is 0 Å². The molecule has 5 nitrogen and oxygen atoms in total. The van der Waals surface area contributed by atoms with E-state index in [4.69, 9.17) is 23.8 Å². The summed E-state index contributed by atoms with van der Waals surface area (Å²) in [5.41, 5.74) is 15.4. The molecule has 14 rings (SSSR count). The lowest BCUT2D eigenvalue weighted by molar-refractivity contribution is 0.666. The lowest BCUT2D eigenvalue weighted by atomic mass is 9.69. The molecule has 1 spiro atoms. The largest absolute Gasteiger partial charge is 0.456 e. The van der Waals surface area contributed by atoms with Crippen molar-refractivity contribution in [3.8, 4) is 56.4 Å². The molecule has 3 heterocycles. The maximum atomic E-state index is 6.83. The molecule has 9 aromatic carbocycles. The standard InChI is InChI=1S/C56H31N3O2/c1-2-14-33(15-3-1)53-57-54(59-55(58-53)40-21-12-16-32-13-4-5-17-35(32)40)34-25-27-48-43(29-34)51-49(60-48)28-26-39-41-30-42-38-20-8-11-24-47(38)61-50(42)31-46(41)56(52(39)51)44-22-9-6-18-36(44)37-19-7-10-23-45(37)56/h1-31H. The summed E-state index contributed by atoms with van der Waals surface area (Å²) in [4.78, 5) is 15.5. The van der Waals surface area contributed by atoms with Gasteiger partial charge < -0.3 is 8.83 Å². The molecular weight excluding hydrogens is 747 g/mol. The van der Waals surface area contributed by atoms with Crippen LogP contribution in [-0.2, 0) is 5.41 Å². The Hall–Kier alpha value is -8.15. The Morgan fingerprint density at radius 2 is 0.951 bits per heavy atom. The lowest BCUT2D eigenvalue weighted by Gasteiger charge is -2.31. The van der Waals surface area contributed by atoms with Crippen LogP contribution in [0.2, 0.25) is 0 Å². The van der Waals surface area contributed by atoms with Gasteiger partial charge in [-0.3, -0.25) is 0 Å². The van der Waals surface area contributed by atoms with Gasteiger partial charge in [-0.05, 0) is 97.7 Å². The summed E-state index contributed by atoms with van der Waals surface area (Å²) in [6.45, 7) is 0. The number of nitrogens with zero attached hydrogens (tertiary/aromatic N) is 3. The van der Waals surface area contributed by atoms with Crippen molar-refractivity contribution in [3.05, 3.63) is 210 Å². The second-order valence-corrected chi connectivity index (χ2v) is 16.2. The first kappa shape index (κ1) is 32.8. The van der Waals surface area contributed by atoms with Crippen LogP contribution < -0.4 is 0 Å². The number of aromatic nitrogens is 3. The van der Waals surface area contributed by atoms with Crippen LogP contribution in [0.15, 0.2) is 197 Å². The fourth-order valence-corrected chi connectivity index (χ4v) is 10.6. The second kappa shape index (κ2) is 12.0. The van der Waals surface area contributed by atoms with Gasteiger partial charge in [0.15, 0.2) is 17.5 Å². The van der Waals surface area contributed by atoms with Gasteiger partial charge in [-0.25, -0.2) is 15.0 Å². The summed E-state index contributed by atoms with van der Waals surface area (Å²) in [5.74, 6) is 1.85. The SMILES string of the molecule is c1ccc(-c2nc(-c3ccc4oc5ccc6c(c5c4c3)C3(c4ccccc4-c4ccccc43)c3cc4oc5ccccc5c4cc3-6)nc(-c3cccc4ccccc34)n2)cc1. The second-order valence-electron chi connectivity index (χ2n) is 16.2. The van der Waals surface area contributed by atoms with E-state index in [9.17, 15) is 0 Å². The molecule has 0 unspecified atom stereocenters. The number of rotatable bonds is 3. The fourth-order valence-electron chi connectivity index (χ4n) is 10.6. The molecule has 2 aliphatic rings. The van der Waals surface area contributed by atoms with Crippen molar-refractivity contribution in [3.63, 3.8) is 0 Å². The molecule has 0 saturated carbocycles. The average molecular weight is 778 g/mol. The molecule has 0 atom stereocenters. The highest BCUT2D eigenvalue weighted by Gasteiger charge is 2.53. The van der Waals surface area contributed by atoms with E-state index < -0.39 is 5.41 Å². The zero-order valence-corrected chi connectivity index (χ0v) is 32.6. The van der Waals surface area contributed by atoms with Crippen molar-refractivity contribution < 1.29 is 8.83 Å². The predicted octanol–water partition coefficient (Wildman–Crippen LogP) is 14.2. The Labute approximate surface area is 349 Å². The summed E-state index contributed by atoms with van der Waals surface area (Å²) in [6.07, 6.45) is 0. The highest BCUT2D eigenvalue weighted by molar-refractivity contribution is 6.16. The van der Waals surface area contributed by atoms with E-state index in [2.05, 4.69) is 164 Å². The van der Waals surface area contributed by atoms with Crippen LogP contribution in [0, 0.1) is 0 Å². The third-order valence-corrected chi connectivity index (χ3v) is 13.1. The number of fused-ring (bicyclic) bond motifs is 18. The van der Waals surface area contributed by atoms with Gasteiger partial charge in [-0.1, -0.05) is 146 Å². The van der Waals surface area contributed by atoms with Crippen molar-refractivity contribution in [2.45, 2.75) is 5.41 Å². The monoisotopic (exact) mass is 777 g/mol. The molecule has 0 radical (unpaired) electrons. The number of hydrogen-bond donors (Lipinski definition) is 0. The van der Waals surface area contributed by atoms with Crippen molar-refractivity contribution in [1.29, 1.82) is 0 Å². The zero-order valence-electron chi connectivity index (χ0n) is 32.6. The third kappa shape index (κ3) is 4.36. The Balaban J connectivity index is 1.07. The van der Waals surface area contributed by atoms with E-state index in [1.807, 2.05) is 24.3 Å². The number of para-hydroxylation sites is 1. The van der Waals surface area contributed by atoms with E-state index >= 15 is 0 Å². The third-order valence-electron chi connectivity index (χ3n) is 13.1. The van der Waals surface area contributed by atoms with Gasteiger partial charge >= 0.3 is 0 Å². The quantitative estimate of drug-likeness (QED) is 0.179. The summed E-state index contributed by atoms with van der Waals surface area (Å²) in [7, 11) is 0. The molecule has 12 aromatic rings. The van der Waals surface area contributed by atoms with Crippen LogP contribution in [0.5, 0.6) is 0 Å². The topological polar surface area (TPSA) is 65.0 Å². The van der Waals surface area contributed by atoms with Crippen molar-refractivity contribution in [1.82, 2.24) is 15.0 Å². The molecular formula is C56H31N3O2. The van der Waals surface area contributed by atoms with Crippen molar-refractivity contribution in [2.75, 3.05) is 0 Å². The maximum Gasteiger partial charge on any atom is 0.164 e. The van der Waals surface area contributed by atoms with Gasteiger partial charge in [-0.2, -0.15) is 0 Å². The maximum absolute atomic E-state index is 6.83. The molecule has 0 saturated heterocycles. The van der Waals surface area contributed by atoms with E-state index in [-0.39, 0.29) is 0 Å². The minimum absolute atomic E-state index is 0.599. The number of benzene rings is 9. The summed E-state index contributed by atoms with van der Waals surface area (Å²) in [5, 5.41) is 6.56. The van der Waals surface area contributed by atoms with Crippen LogP contribution >= 0.6 is 0 Å². The first-order valence-electron chi connectivity index (χ1n) is 20.7. The van der Waals surface area contributed by atoms with Crippen molar-refractivity contribution in [2.24, 2.45) is 0 Å². The van der Waals surface area contributed by atoms with Gasteiger partial charge in [0, 0.05) is 38.2 Å². The van der Waals surface area contributed by atoms with Crippen LogP contribution in [0.1, 0.15) is 22.3 Å². The van der Waals surface area contributed by atoms with E-state index in [0.29, 0.717) is 17.5 Å². The highest BCUT2D eigenvalue weighted by atomic mass is 16.3. The van der Waals surface area contributed by atoms with Crippen LogP contribution in [-0.4, -0.2) is 15.0 Å². The molecule has 5 heteroatoms. The Kier molecular flexibility index (Phi) is 6.43. The summed E-state index contributed by atoms with van der Waals surface area (Å²) >= 11 is 0. The smallest absolute Gasteiger partial charge is 0.164 e. The fraction of sp³-hybridized carbons (Fsp3) is 0.0179. The number of hydrogen-bond acceptors (Lipinski definition) is 5. The van der Waals surface area contributed by atoms with Crippen LogP contribution in [0.4, 0.5) is 0 Å². The van der Waals surface area contributed by atoms with E-state index in [0.717, 1.165) is 71.3 Å². The minimum atomic E-state index is -0.632. The molecule has 3 aromatic heterocycles. The molecule has 0 amide bonds. The van der Waals surface area contributed by atoms with Gasteiger partial charge in [0.05, 0.1) is 5.41 Å². The van der Waals surface area contributed by atoms with Gasteiger partial charge in [0.25, 0.3) is 0 Å². The average Bonchev–Trinajstić information content (AvgIpc) is 4.05. The number of furan rings is 2. The van der Waals surface area contributed by atoms with Crippen LogP contribution in [0.25, 0.3) is 111 Å². The Morgan fingerprint density at radius 3 is 1.79 bits per heavy atom. The first-order chi connectivity index (χ1) is 30.2. The van der Waals surface area contributed by atoms with Crippen molar-refractivity contribution >= 4 is 54.6 Å². The highest BCUT2D eigenvalue weighted by Crippen LogP contribution is 2.65. The zero-order chi connectivity index (χ0) is 39.8. The molecule has 2 aliphatic carbocycles.